The lowest BCUT2D eigenvalue weighted by molar-refractivity contribution is 1.18. The van der Waals surface area contributed by atoms with E-state index in [0.29, 0.717) is 0 Å². The van der Waals surface area contributed by atoms with E-state index in [1.54, 1.807) is 0 Å². The van der Waals surface area contributed by atoms with E-state index in [4.69, 9.17) is 0 Å². The van der Waals surface area contributed by atoms with Gasteiger partial charge in [-0.05, 0) is 93.0 Å². The van der Waals surface area contributed by atoms with Crippen molar-refractivity contribution in [3.63, 3.8) is 0 Å². The Morgan fingerprint density at radius 3 is 1.22 bits per heavy atom. The van der Waals surface area contributed by atoms with Crippen LogP contribution in [-0.4, -0.2) is 9.13 Å². The fraction of sp³-hybridized carbons (Fsp3) is 0. The first kappa shape index (κ1) is 35.7. The molecule has 2 nitrogen and oxygen atoms in total. The van der Waals surface area contributed by atoms with Crippen LogP contribution in [0.5, 0.6) is 0 Å². The molecule has 0 bridgehead atoms. The first-order valence-electron chi connectivity index (χ1n) is 21.6. The highest BCUT2D eigenvalue weighted by Crippen LogP contribution is 2.43. The van der Waals surface area contributed by atoms with Crippen molar-refractivity contribution in [3.8, 4) is 55.9 Å². The molecule has 0 aliphatic rings. The molecular formula is C60H38N2S. The molecule has 0 aliphatic heterocycles. The standard InChI is InChI=1S/C60H38N2S/c1-3-11-39(12-4-1)45-27-33-50-51-34-28-46(40-13-5-2-6-14-40)38-57(51)61(56(50)37-45)47-29-23-43(24-30-47)41-19-21-42(22-20-41)44-25-31-48(32-26-44)62-55-17-9-7-15-49(55)53-35-36-54-52-16-8-10-18-58(52)63-60(54)59(53)62/h1-38H. The Bertz CT molecular complexity index is 3760. The number of fused-ring (bicyclic) bond motifs is 10. The summed E-state index contributed by atoms with van der Waals surface area (Å²) in [5.74, 6) is 0. The second kappa shape index (κ2) is 14.3. The predicted octanol–water partition coefficient (Wildman–Crippen LogP) is 16.9. The summed E-state index contributed by atoms with van der Waals surface area (Å²) in [6, 6.07) is 84.5. The predicted molar refractivity (Wildman–Crippen MR) is 270 cm³/mol. The number of hydrogen-bond acceptors (Lipinski definition) is 1. The Morgan fingerprint density at radius 2 is 0.651 bits per heavy atom. The fourth-order valence-corrected chi connectivity index (χ4v) is 11.1. The zero-order valence-corrected chi connectivity index (χ0v) is 35.1. The molecule has 0 spiro atoms. The molecule has 0 aliphatic carbocycles. The average molecular weight is 819 g/mol. The molecule has 0 amide bonds. The van der Waals surface area contributed by atoms with E-state index >= 15 is 0 Å². The van der Waals surface area contributed by atoms with E-state index in [1.807, 2.05) is 11.3 Å². The van der Waals surface area contributed by atoms with E-state index in [2.05, 4.69) is 240 Å². The number of benzene rings is 10. The van der Waals surface area contributed by atoms with Gasteiger partial charge < -0.3 is 9.13 Å². The van der Waals surface area contributed by atoms with Gasteiger partial charge in [0.15, 0.2) is 0 Å². The normalized spacial score (nSPS) is 11.8. The number of hydrogen-bond donors (Lipinski definition) is 0. The molecule has 13 rings (SSSR count). The summed E-state index contributed by atoms with van der Waals surface area (Å²) in [4.78, 5) is 0. The van der Waals surface area contributed by atoms with Crippen LogP contribution in [0.2, 0.25) is 0 Å². The third-order valence-corrected chi connectivity index (χ3v) is 14.2. The molecular weight excluding hydrogens is 781 g/mol. The van der Waals surface area contributed by atoms with Gasteiger partial charge in [0, 0.05) is 48.4 Å². The van der Waals surface area contributed by atoms with Crippen molar-refractivity contribution in [2.75, 3.05) is 0 Å². The number of thiophene rings is 1. The summed E-state index contributed by atoms with van der Waals surface area (Å²) in [5, 5.41) is 7.72. The number of para-hydroxylation sites is 1. The Hall–Kier alpha value is -7.98. The van der Waals surface area contributed by atoms with Gasteiger partial charge in [-0.1, -0.05) is 182 Å². The third-order valence-electron chi connectivity index (χ3n) is 13.0. The smallest absolute Gasteiger partial charge is 0.0719 e. The van der Waals surface area contributed by atoms with Gasteiger partial charge in [-0.3, -0.25) is 0 Å². The van der Waals surface area contributed by atoms with Gasteiger partial charge in [-0.25, -0.2) is 0 Å². The summed E-state index contributed by atoms with van der Waals surface area (Å²) in [5.41, 5.74) is 16.9. The van der Waals surface area contributed by atoms with Crippen LogP contribution >= 0.6 is 11.3 Å². The SMILES string of the molecule is c1ccc(-c2ccc3c4ccc(-c5ccccc5)cc4n(-c4ccc(-c5ccc(-c6ccc(-n7c8ccccc8c8ccc9c%10ccccc%10sc9c87)cc6)cc5)cc4)c3c2)cc1. The van der Waals surface area contributed by atoms with E-state index in [-0.39, 0.29) is 0 Å². The van der Waals surface area contributed by atoms with E-state index in [9.17, 15) is 0 Å². The van der Waals surface area contributed by atoms with Crippen molar-refractivity contribution in [2.24, 2.45) is 0 Å². The summed E-state index contributed by atoms with van der Waals surface area (Å²) in [6.07, 6.45) is 0. The summed E-state index contributed by atoms with van der Waals surface area (Å²) in [6.45, 7) is 0. The van der Waals surface area contributed by atoms with Crippen molar-refractivity contribution in [2.45, 2.75) is 0 Å². The molecule has 3 heteroatoms. The molecule has 13 aromatic rings. The summed E-state index contributed by atoms with van der Waals surface area (Å²) < 4.78 is 7.56. The third kappa shape index (κ3) is 5.78. The van der Waals surface area contributed by atoms with Crippen LogP contribution < -0.4 is 0 Å². The highest BCUT2D eigenvalue weighted by molar-refractivity contribution is 7.26. The minimum absolute atomic E-state index is 1.14. The maximum atomic E-state index is 2.46. The zero-order chi connectivity index (χ0) is 41.4. The highest BCUT2D eigenvalue weighted by atomic mass is 32.1. The summed E-state index contributed by atoms with van der Waals surface area (Å²) in [7, 11) is 0. The lowest BCUT2D eigenvalue weighted by Gasteiger charge is -2.12. The van der Waals surface area contributed by atoms with E-state index in [1.165, 1.54) is 114 Å². The maximum Gasteiger partial charge on any atom is 0.0719 e. The van der Waals surface area contributed by atoms with Crippen molar-refractivity contribution in [1.29, 1.82) is 0 Å². The topological polar surface area (TPSA) is 9.86 Å². The molecule has 0 saturated carbocycles. The minimum Gasteiger partial charge on any atom is -0.309 e. The van der Waals surface area contributed by atoms with Gasteiger partial charge in [0.1, 0.15) is 0 Å². The Kier molecular flexibility index (Phi) is 8.12. The first-order valence-corrected chi connectivity index (χ1v) is 22.4. The number of aromatic nitrogens is 2. The molecule has 10 aromatic carbocycles. The Morgan fingerprint density at radius 1 is 0.254 bits per heavy atom. The lowest BCUT2D eigenvalue weighted by Crippen LogP contribution is -1.94. The molecule has 294 valence electrons. The molecule has 0 unspecified atom stereocenters. The van der Waals surface area contributed by atoms with Crippen LogP contribution in [0.4, 0.5) is 0 Å². The van der Waals surface area contributed by atoms with Crippen LogP contribution in [0.3, 0.4) is 0 Å². The largest absolute Gasteiger partial charge is 0.309 e. The van der Waals surface area contributed by atoms with Gasteiger partial charge in [-0.15, -0.1) is 11.3 Å². The van der Waals surface area contributed by atoms with Crippen LogP contribution in [-0.2, 0) is 0 Å². The van der Waals surface area contributed by atoms with Gasteiger partial charge in [0.2, 0.25) is 0 Å². The molecule has 0 atom stereocenters. The van der Waals surface area contributed by atoms with Crippen molar-refractivity contribution in [3.05, 3.63) is 231 Å². The fourth-order valence-electron chi connectivity index (χ4n) is 9.88. The van der Waals surface area contributed by atoms with Crippen molar-refractivity contribution < 1.29 is 0 Å². The maximum absolute atomic E-state index is 2.46. The lowest BCUT2D eigenvalue weighted by atomic mass is 10.00. The molecule has 0 N–H and O–H groups in total. The molecule has 63 heavy (non-hydrogen) atoms. The van der Waals surface area contributed by atoms with Gasteiger partial charge in [0.05, 0.1) is 26.8 Å². The monoisotopic (exact) mass is 818 g/mol. The molecule has 0 fully saturated rings. The van der Waals surface area contributed by atoms with Crippen molar-refractivity contribution in [1.82, 2.24) is 9.13 Å². The molecule has 0 saturated heterocycles. The first-order chi connectivity index (χ1) is 31.2. The molecule has 0 radical (unpaired) electrons. The van der Waals surface area contributed by atoms with Gasteiger partial charge in [-0.2, -0.15) is 0 Å². The Labute approximate surface area is 368 Å². The van der Waals surface area contributed by atoms with Gasteiger partial charge >= 0.3 is 0 Å². The van der Waals surface area contributed by atoms with Crippen LogP contribution in [0.25, 0.3) is 120 Å². The number of nitrogens with zero attached hydrogens (tertiary/aromatic N) is 2. The van der Waals surface area contributed by atoms with Crippen molar-refractivity contribution >= 4 is 75.1 Å². The second-order valence-corrected chi connectivity index (χ2v) is 17.5. The molecule has 3 heterocycles. The zero-order valence-electron chi connectivity index (χ0n) is 34.2. The highest BCUT2D eigenvalue weighted by Gasteiger charge is 2.19. The quantitative estimate of drug-likeness (QED) is 0.158. The second-order valence-electron chi connectivity index (χ2n) is 16.5. The van der Waals surface area contributed by atoms with Crippen LogP contribution in [0.1, 0.15) is 0 Å². The van der Waals surface area contributed by atoms with E-state index in [0.717, 1.165) is 5.69 Å². The number of rotatable bonds is 6. The minimum atomic E-state index is 1.14. The van der Waals surface area contributed by atoms with Crippen LogP contribution in [0.15, 0.2) is 231 Å². The molecule has 3 aromatic heterocycles. The van der Waals surface area contributed by atoms with Crippen LogP contribution in [0, 0.1) is 0 Å². The van der Waals surface area contributed by atoms with E-state index < -0.39 is 0 Å². The van der Waals surface area contributed by atoms with Gasteiger partial charge in [0.25, 0.3) is 0 Å². The Balaban J connectivity index is 0.847. The average Bonchev–Trinajstić information content (AvgIpc) is 4.02. The summed E-state index contributed by atoms with van der Waals surface area (Å²) >= 11 is 1.89.